The normalized spacial score (nSPS) is 11.1. The van der Waals surface area contributed by atoms with E-state index in [1.165, 1.54) is 6.42 Å². The van der Waals surface area contributed by atoms with Crippen LogP contribution in [-0.2, 0) is 20.7 Å². The fraction of sp³-hybridized carbons (Fsp3) is 0.500. The number of rotatable bonds is 14. The van der Waals surface area contributed by atoms with Crippen LogP contribution in [0.5, 0.6) is 0 Å². The molecule has 0 aliphatic rings. The molecule has 0 spiro atoms. The summed E-state index contributed by atoms with van der Waals surface area (Å²) >= 11 is 0. The highest BCUT2D eigenvalue weighted by Crippen LogP contribution is 2.14. The maximum Gasteiger partial charge on any atom is 0.296 e. The highest BCUT2D eigenvalue weighted by atomic mass is 32.2. The summed E-state index contributed by atoms with van der Waals surface area (Å²) in [5.74, 6) is 6.56. The van der Waals surface area contributed by atoms with Crippen LogP contribution in [0, 0.1) is 18.8 Å². The van der Waals surface area contributed by atoms with Crippen molar-refractivity contribution in [2.75, 3.05) is 6.61 Å². The van der Waals surface area contributed by atoms with E-state index in [2.05, 4.69) is 22.9 Å². The Balaban J connectivity index is 1.40. The lowest BCUT2D eigenvalue weighted by Crippen LogP contribution is -2.07. The van der Waals surface area contributed by atoms with Crippen LogP contribution in [-0.4, -0.2) is 20.0 Å². The Morgan fingerprint density at radius 1 is 0.806 bits per heavy atom. The van der Waals surface area contributed by atoms with E-state index in [1.807, 2.05) is 25.3 Å². The standard InChI is InChI=1S/C26H35NO3S/c1-24-18-20-26(21-19-24)31(28,29)30-23-15-11-9-7-5-3-2-4-6-8-10-12-16-25-17-13-14-22-27-25/h13-14,17-22H,2-3,5,7-12,15-16,23H2,1H3. The van der Waals surface area contributed by atoms with E-state index in [0.717, 1.165) is 75.5 Å². The first-order valence-electron chi connectivity index (χ1n) is 11.4. The fourth-order valence-electron chi connectivity index (χ4n) is 3.21. The fourth-order valence-corrected chi connectivity index (χ4v) is 4.15. The predicted molar refractivity (Wildman–Crippen MR) is 126 cm³/mol. The molecule has 1 heterocycles. The molecule has 0 bridgehead atoms. The molecule has 4 nitrogen and oxygen atoms in total. The maximum absolute atomic E-state index is 12.1. The molecule has 168 valence electrons. The second-order valence-electron chi connectivity index (χ2n) is 7.84. The monoisotopic (exact) mass is 441 g/mol. The molecule has 1 aromatic carbocycles. The summed E-state index contributed by atoms with van der Waals surface area (Å²) < 4.78 is 29.3. The molecule has 2 rings (SSSR count). The summed E-state index contributed by atoms with van der Waals surface area (Å²) in [4.78, 5) is 4.56. The Kier molecular flexibility index (Phi) is 12.0. The number of benzene rings is 1. The highest BCUT2D eigenvalue weighted by Gasteiger charge is 2.14. The van der Waals surface area contributed by atoms with Crippen LogP contribution >= 0.6 is 0 Å². The Morgan fingerprint density at radius 2 is 1.45 bits per heavy atom. The summed E-state index contributed by atoms with van der Waals surface area (Å²) in [6, 6.07) is 12.8. The smallest absolute Gasteiger partial charge is 0.266 e. The first-order chi connectivity index (χ1) is 15.1. The molecule has 0 N–H and O–H groups in total. The minimum absolute atomic E-state index is 0.229. The average Bonchev–Trinajstić information content (AvgIpc) is 2.77. The zero-order chi connectivity index (χ0) is 22.2. The first kappa shape index (κ1) is 25.1. The zero-order valence-corrected chi connectivity index (χ0v) is 19.5. The predicted octanol–water partition coefficient (Wildman–Crippen LogP) is 6.24. The van der Waals surface area contributed by atoms with Crippen molar-refractivity contribution in [3.05, 3.63) is 59.9 Å². The van der Waals surface area contributed by atoms with E-state index in [4.69, 9.17) is 4.18 Å². The van der Waals surface area contributed by atoms with Crippen molar-refractivity contribution in [1.82, 2.24) is 4.98 Å². The van der Waals surface area contributed by atoms with Crippen LogP contribution in [0.25, 0.3) is 0 Å². The summed E-state index contributed by atoms with van der Waals surface area (Å²) in [5.41, 5.74) is 2.19. The van der Waals surface area contributed by atoms with E-state index in [1.54, 1.807) is 24.3 Å². The van der Waals surface area contributed by atoms with Gasteiger partial charge in [-0.1, -0.05) is 49.4 Å². The van der Waals surface area contributed by atoms with Crippen molar-refractivity contribution in [3.63, 3.8) is 0 Å². The summed E-state index contributed by atoms with van der Waals surface area (Å²) in [6.07, 6.45) is 13.4. The third-order valence-electron chi connectivity index (χ3n) is 5.08. The number of pyridine rings is 1. The van der Waals surface area contributed by atoms with E-state index < -0.39 is 10.1 Å². The van der Waals surface area contributed by atoms with Crippen molar-refractivity contribution in [2.24, 2.45) is 0 Å². The van der Waals surface area contributed by atoms with E-state index in [0.29, 0.717) is 0 Å². The largest absolute Gasteiger partial charge is 0.296 e. The van der Waals surface area contributed by atoms with E-state index in [-0.39, 0.29) is 11.5 Å². The van der Waals surface area contributed by atoms with Gasteiger partial charge < -0.3 is 0 Å². The number of hydrogen-bond donors (Lipinski definition) is 0. The summed E-state index contributed by atoms with van der Waals surface area (Å²) in [6.45, 7) is 2.18. The molecule has 0 fully saturated rings. The van der Waals surface area contributed by atoms with Crippen LogP contribution in [0.3, 0.4) is 0 Å². The minimum Gasteiger partial charge on any atom is -0.266 e. The van der Waals surface area contributed by atoms with Gasteiger partial charge in [-0.15, -0.1) is 11.8 Å². The molecule has 0 atom stereocenters. The molecule has 31 heavy (non-hydrogen) atoms. The van der Waals surface area contributed by atoms with Crippen molar-refractivity contribution in [1.29, 1.82) is 0 Å². The van der Waals surface area contributed by atoms with Gasteiger partial charge in [0.25, 0.3) is 10.1 Å². The number of unbranched alkanes of at least 4 members (excludes halogenated alkanes) is 8. The van der Waals surface area contributed by atoms with Crippen molar-refractivity contribution < 1.29 is 12.6 Å². The average molecular weight is 442 g/mol. The minimum atomic E-state index is -3.63. The van der Waals surface area contributed by atoms with Gasteiger partial charge >= 0.3 is 0 Å². The van der Waals surface area contributed by atoms with Crippen LogP contribution < -0.4 is 0 Å². The molecule has 2 aromatic rings. The molecular weight excluding hydrogens is 406 g/mol. The van der Waals surface area contributed by atoms with Gasteiger partial charge in [0.1, 0.15) is 0 Å². The number of nitrogens with zero attached hydrogens (tertiary/aromatic N) is 1. The van der Waals surface area contributed by atoms with Gasteiger partial charge in [-0.05, 0) is 63.3 Å². The number of hydrogen-bond acceptors (Lipinski definition) is 4. The maximum atomic E-state index is 12.1. The van der Waals surface area contributed by atoms with Crippen molar-refractivity contribution >= 4 is 10.1 Å². The molecule has 0 aliphatic heterocycles. The third kappa shape index (κ3) is 11.1. The lowest BCUT2D eigenvalue weighted by Gasteiger charge is -2.06. The van der Waals surface area contributed by atoms with Gasteiger partial charge in [-0.2, -0.15) is 8.42 Å². The molecule has 0 saturated heterocycles. The molecule has 5 heteroatoms. The third-order valence-corrected chi connectivity index (χ3v) is 6.41. The molecule has 1 aromatic heterocycles. The second-order valence-corrected chi connectivity index (χ2v) is 9.46. The molecule has 0 saturated carbocycles. The zero-order valence-electron chi connectivity index (χ0n) is 18.7. The molecule has 0 amide bonds. The Morgan fingerprint density at radius 3 is 2.13 bits per heavy atom. The number of aromatic nitrogens is 1. The van der Waals surface area contributed by atoms with Gasteiger partial charge in [0.05, 0.1) is 11.5 Å². The van der Waals surface area contributed by atoms with E-state index in [9.17, 15) is 8.42 Å². The van der Waals surface area contributed by atoms with Gasteiger partial charge in [-0.25, -0.2) is 0 Å². The Hall–Kier alpha value is -2.16. The quantitative estimate of drug-likeness (QED) is 0.198. The van der Waals surface area contributed by atoms with Crippen molar-refractivity contribution in [3.8, 4) is 11.8 Å². The van der Waals surface area contributed by atoms with Gasteiger partial charge in [0.15, 0.2) is 0 Å². The van der Waals surface area contributed by atoms with Gasteiger partial charge in [-0.3, -0.25) is 9.17 Å². The molecule has 0 aliphatic carbocycles. The van der Waals surface area contributed by atoms with Gasteiger partial charge in [0, 0.05) is 24.7 Å². The van der Waals surface area contributed by atoms with E-state index >= 15 is 0 Å². The van der Waals surface area contributed by atoms with Crippen LogP contribution in [0.15, 0.2) is 53.6 Å². The van der Waals surface area contributed by atoms with Gasteiger partial charge in [0.2, 0.25) is 0 Å². The Bertz CT molecular complexity index is 897. The van der Waals surface area contributed by atoms with Crippen LogP contribution in [0.4, 0.5) is 0 Å². The summed E-state index contributed by atoms with van der Waals surface area (Å²) in [5, 5.41) is 0. The highest BCUT2D eigenvalue weighted by molar-refractivity contribution is 7.86. The first-order valence-corrected chi connectivity index (χ1v) is 12.8. The van der Waals surface area contributed by atoms with Crippen LogP contribution in [0.1, 0.15) is 75.5 Å². The van der Waals surface area contributed by atoms with Crippen LogP contribution in [0.2, 0.25) is 0 Å². The Labute approximate surface area is 188 Å². The lowest BCUT2D eigenvalue weighted by molar-refractivity contribution is 0.306. The topological polar surface area (TPSA) is 56.3 Å². The molecule has 0 radical (unpaired) electrons. The SMILES string of the molecule is Cc1ccc(S(=O)(=O)OCCCCCCCCC#CCCCCc2ccccn2)cc1. The summed E-state index contributed by atoms with van der Waals surface area (Å²) in [7, 11) is -3.63. The lowest BCUT2D eigenvalue weighted by atomic mass is 10.1. The number of aryl methyl sites for hydroxylation is 2. The second kappa shape index (κ2) is 14.8. The molecule has 0 unspecified atom stereocenters. The van der Waals surface area contributed by atoms with Crippen molar-refractivity contribution in [2.45, 2.75) is 82.4 Å². The molecular formula is C26H35NO3S.